The normalized spacial score (nSPS) is 10.6. The summed E-state index contributed by atoms with van der Waals surface area (Å²) in [5.41, 5.74) is 3.36. The highest BCUT2D eigenvalue weighted by molar-refractivity contribution is 6.44. The predicted octanol–water partition coefficient (Wildman–Crippen LogP) is 4.29. The molecule has 0 aliphatic heterocycles. The standard InChI is InChI=1S/C21H24O3/c1-3-7-15-11-16(8-4-2)13-17(12-15)14-20(23)21(24)18-9-5-6-10-19(18)22/h5-6,9-13,22H,3-4,7-8,14H2,1-2H3. The molecule has 0 radical (unpaired) electrons. The van der Waals surface area contributed by atoms with Gasteiger partial charge in [0.15, 0.2) is 0 Å². The first-order valence-electron chi connectivity index (χ1n) is 8.52. The molecule has 2 aromatic carbocycles. The third kappa shape index (κ3) is 4.54. The van der Waals surface area contributed by atoms with E-state index in [0.29, 0.717) is 0 Å². The van der Waals surface area contributed by atoms with Crippen molar-refractivity contribution < 1.29 is 14.7 Å². The third-order valence-corrected chi connectivity index (χ3v) is 3.96. The van der Waals surface area contributed by atoms with E-state index in [4.69, 9.17) is 0 Å². The van der Waals surface area contributed by atoms with E-state index in [2.05, 4.69) is 19.9 Å². The van der Waals surface area contributed by atoms with Gasteiger partial charge in [-0.05, 0) is 41.7 Å². The number of aromatic hydroxyl groups is 1. The maximum atomic E-state index is 12.3. The van der Waals surface area contributed by atoms with Crippen LogP contribution in [0, 0.1) is 0 Å². The largest absolute Gasteiger partial charge is 0.507 e. The van der Waals surface area contributed by atoms with Crippen LogP contribution >= 0.6 is 0 Å². The number of phenols is 1. The number of carbonyl (C=O) groups is 2. The van der Waals surface area contributed by atoms with Crippen LogP contribution in [0.15, 0.2) is 42.5 Å². The zero-order valence-corrected chi connectivity index (χ0v) is 14.3. The molecule has 3 nitrogen and oxygen atoms in total. The molecule has 3 heteroatoms. The van der Waals surface area contributed by atoms with Gasteiger partial charge in [-0.25, -0.2) is 0 Å². The Hall–Kier alpha value is -2.42. The SMILES string of the molecule is CCCc1cc(CCC)cc(CC(=O)C(=O)c2ccccc2O)c1. The summed E-state index contributed by atoms with van der Waals surface area (Å²) in [6.45, 7) is 4.25. The first kappa shape index (κ1) is 17.9. The molecule has 0 bridgehead atoms. The monoisotopic (exact) mass is 324 g/mol. The molecule has 0 heterocycles. The van der Waals surface area contributed by atoms with E-state index in [1.165, 1.54) is 23.3 Å². The number of phenolic OH excluding ortho intramolecular Hbond substituents is 1. The van der Waals surface area contributed by atoms with E-state index in [0.717, 1.165) is 31.2 Å². The zero-order valence-electron chi connectivity index (χ0n) is 14.3. The highest BCUT2D eigenvalue weighted by Crippen LogP contribution is 2.19. The molecule has 0 aromatic heterocycles. The molecule has 0 aliphatic carbocycles. The molecule has 0 amide bonds. The van der Waals surface area contributed by atoms with Gasteiger partial charge in [0, 0.05) is 6.42 Å². The van der Waals surface area contributed by atoms with Crippen LogP contribution in [0.4, 0.5) is 0 Å². The molecule has 2 aromatic rings. The molecule has 0 saturated heterocycles. The van der Waals surface area contributed by atoms with Crippen LogP contribution < -0.4 is 0 Å². The molecular formula is C21H24O3. The number of Topliss-reactive ketones (excluding diaryl/α,β-unsaturated/α-hetero) is 2. The van der Waals surface area contributed by atoms with Crippen molar-refractivity contribution in [2.75, 3.05) is 0 Å². The van der Waals surface area contributed by atoms with Crippen LogP contribution in [0.3, 0.4) is 0 Å². The van der Waals surface area contributed by atoms with Gasteiger partial charge in [0.25, 0.3) is 0 Å². The molecule has 0 aliphatic rings. The van der Waals surface area contributed by atoms with Crippen molar-refractivity contribution in [2.45, 2.75) is 46.0 Å². The average Bonchev–Trinajstić information content (AvgIpc) is 2.55. The van der Waals surface area contributed by atoms with E-state index in [1.54, 1.807) is 12.1 Å². The van der Waals surface area contributed by atoms with E-state index in [9.17, 15) is 14.7 Å². The Morgan fingerprint density at radius 3 is 1.96 bits per heavy atom. The fourth-order valence-corrected chi connectivity index (χ4v) is 2.89. The molecule has 1 N–H and O–H groups in total. The van der Waals surface area contributed by atoms with Crippen molar-refractivity contribution in [3.8, 4) is 5.75 Å². The van der Waals surface area contributed by atoms with Gasteiger partial charge in [-0.3, -0.25) is 9.59 Å². The number of benzene rings is 2. The maximum absolute atomic E-state index is 12.3. The van der Waals surface area contributed by atoms with Crippen LogP contribution in [-0.4, -0.2) is 16.7 Å². The minimum absolute atomic E-state index is 0.0704. The summed E-state index contributed by atoms with van der Waals surface area (Å²) in [5, 5.41) is 9.75. The lowest BCUT2D eigenvalue weighted by Crippen LogP contribution is -2.17. The van der Waals surface area contributed by atoms with Gasteiger partial charge < -0.3 is 5.11 Å². The Bertz CT molecular complexity index is 707. The average molecular weight is 324 g/mol. The Morgan fingerprint density at radius 1 is 0.875 bits per heavy atom. The fourth-order valence-electron chi connectivity index (χ4n) is 2.89. The third-order valence-electron chi connectivity index (χ3n) is 3.96. The van der Waals surface area contributed by atoms with Crippen molar-refractivity contribution in [1.29, 1.82) is 0 Å². The summed E-state index contributed by atoms with van der Waals surface area (Å²) in [6, 6.07) is 12.4. The van der Waals surface area contributed by atoms with Crippen molar-refractivity contribution >= 4 is 11.6 Å². The van der Waals surface area contributed by atoms with Crippen molar-refractivity contribution in [3.05, 3.63) is 64.7 Å². The van der Waals surface area contributed by atoms with E-state index >= 15 is 0 Å². The van der Waals surface area contributed by atoms with E-state index in [-0.39, 0.29) is 17.7 Å². The first-order valence-corrected chi connectivity index (χ1v) is 8.52. The lowest BCUT2D eigenvalue weighted by atomic mass is 9.95. The molecule has 0 unspecified atom stereocenters. The molecule has 126 valence electrons. The molecule has 0 fully saturated rings. The van der Waals surface area contributed by atoms with Gasteiger partial charge in [-0.1, -0.05) is 57.0 Å². The van der Waals surface area contributed by atoms with Crippen LogP contribution in [0.1, 0.15) is 53.7 Å². The minimum Gasteiger partial charge on any atom is -0.507 e. The van der Waals surface area contributed by atoms with Crippen molar-refractivity contribution in [3.63, 3.8) is 0 Å². The Kier molecular flexibility index (Phi) is 6.30. The van der Waals surface area contributed by atoms with Crippen LogP contribution in [0.25, 0.3) is 0 Å². The van der Waals surface area contributed by atoms with Gasteiger partial charge in [-0.2, -0.15) is 0 Å². The molecule has 0 spiro atoms. The number of carbonyl (C=O) groups excluding carboxylic acids is 2. The number of ketones is 2. The van der Waals surface area contributed by atoms with E-state index in [1.807, 2.05) is 12.1 Å². The van der Waals surface area contributed by atoms with E-state index < -0.39 is 11.6 Å². The summed E-state index contributed by atoms with van der Waals surface area (Å²) >= 11 is 0. The Morgan fingerprint density at radius 2 is 1.42 bits per heavy atom. The van der Waals surface area contributed by atoms with Crippen molar-refractivity contribution in [2.24, 2.45) is 0 Å². The van der Waals surface area contributed by atoms with Gasteiger partial charge >= 0.3 is 0 Å². The van der Waals surface area contributed by atoms with Gasteiger partial charge in [0.1, 0.15) is 5.75 Å². The molecule has 0 atom stereocenters. The van der Waals surface area contributed by atoms with Crippen LogP contribution in [0.5, 0.6) is 5.75 Å². The molecule has 0 saturated carbocycles. The smallest absolute Gasteiger partial charge is 0.232 e. The number of rotatable bonds is 8. The number of para-hydroxylation sites is 1. The summed E-state index contributed by atoms with van der Waals surface area (Å²) in [6.07, 6.45) is 4.08. The molecule has 24 heavy (non-hydrogen) atoms. The summed E-state index contributed by atoms with van der Waals surface area (Å²) in [4.78, 5) is 24.6. The van der Waals surface area contributed by atoms with Crippen LogP contribution in [0.2, 0.25) is 0 Å². The highest BCUT2D eigenvalue weighted by atomic mass is 16.3. The fraction of sp³-hybridized carbons (Fsp3) is 0.333. The second kappa shape index (κ2) is 8.44. The quantitative estimate of drug-likeness (QED) is 0.582. The minimum atomic E-state index is -0.633. The number of hydrogen-bond acceptors (Lipinski definition) is 3. The summed E-state index contributed by atoms with van der Waals surface area (Å²) in [7, 11) is 0. The Labute approximate surface area is 143 Å². The summed E-state index contributed by atoms with van der Waals surface area (Å²) < 4.78 is 0. The Balaban J connectivity index is 2.21. The topological polar surface area (TPSA) is 54.4 Å². The second-order valence-corrected chi connectivity index (χ2v) is 6.10. The lowest BCUT2D eigenvalue weighted by Gasteiger charge is -2.09. The second-order valence-electron chi connectivity index (χ2n) is 6.10. The summed E-state index contributed by atoms with van der Waals surface area (Å²) in [5.74, 6) is -1.28. The highest BCUT2D eigenvalue weighted by Gasteiger charge is 2.19. The zero-order chi connectivity index (χ0) is 17.5. The van der Waals surface area contributed by atoms with Gasteiger partial charge in [-0.15, -0.1) is 0 Å². The molecule has 2 rings (SSSR count). The first-order chi connectivity index (χ1) is 11.5. The predicted molar refractivity (Wildman–Crippen MR) is 95.6 cm³/mol. The number of hydrogen-bond donors (Lipinski definition) is 1. The van der Waals surface area contributed by atoms with Crippen molar-refractivity contribution in [1.82, 2.24) is 0 Å². The van der Waals surface area contributed by atoms with Gasteiger partial charge in [0.2, 0.25) is 11.6 Å². The maximum Gasteiger partial charge on any atom is 0.232 e. The molecular weight excluding hydrogens is 300 g/mol. The number of aryl methyl sites for hydroxylation is 2. The van der Waals surface area contributed by atoms with Crippen LogP contribution in [-0.2, 0) is 24.1 Å². The van der Waals surface area contributed by atoms with Gasteiger partial charge in [0.05, 0.1) is 5.56 Å². The lowest BCUT2D eigenvalue weighted by molar-refractivity contribution is -0.114.